The lowest BCUT2D eigenvalue weighted by Gasteiger charge is -2.33. The monoisotopic (exact) mass is 444 g/mol. The molecule has 3 rings (SSSR count). The Balaban J connectivity index is 1.44. The smallest absolute Gasteiger partial charge is 0.240 e. The van der Waals surface area contributed by atoms with E-state index >= 15 is 0 Å². The van der Waals surface area contributed by atoms with Crippen molar-refractivity contribution >= 4 is 15.9 Å². The lowest BCUT2D eigenvalue weighted by atomic mass is 9.97. The minimum Gasteiger partial charge on any atom is -0.497 e. The average Bonchev–Trinajstić information content (AvgIpc) is 2.78. The molecule has 31 heavy (non-hydrogen) atoms. The van der Waals surface area contributed by atoms with E-state index in [0.717, 1.165) is 43.5 Å². The van der Waals surface area contributed by atoms with Gasteiger partial charge in [-0.25, -0.2) is 13.1 Å². The van der Waals surface area contributed by atoms with Crippen LogP contribution < -0.4 is 9.46 Å². The first kappa shape index (κ1) is 23.3. The van der Waals surface area contributed by atoms with E-state index in [2.05, 4.69) is 4.72 Å². The van der Waals surface area contributed by atoms with Gasteiger partial charge in [-0.1, -0.05) is 29.8 Å². The summed E-state index contributed by atoms with van der Waals surface area (Å²) in [5, 5.41) is 0. The number of sulfonamides is 1. The summed E-state index contributed by atoms with van der Waals surface area (Å²) in [5.74, 6) is 1.12. The summed E-state index contributed by atoms with van der Waals surface area (Å²) >= 11 is 0. The van der Waals surface area contributed by atoms with Crippen LogP contribution in [0.4, 0.5) is 0 Å². The molecule has 0 aliphatic carbocycles. The van der Waals surface area contributed by atoms with Crippen LogP contribution in [0.15, 0.2) is 53.4 Å². The second kappa shape index (κ2) is 10.8. The maximum atomic E-state index is 12.7. The molecule has 7 heteroatoms. The lowest BCUT2D eigenvalue weighted by Crippen LogP contribution is -2.43. The third-order valence-electron chi connectivity index (χ3n) is 5.78. The molecule has 1 unspecified atom stereocenters. The van der Waals surface area contributed by atoms with Crippen molar-refractivity contribution in [3.63, 3.8) is 0 Å². The van der Waals surface area contributed by atoms with Crippen LogP contribution in [-0.2, 0) is 21.2 Å². The molecule has 1 amide bonds. The van der Waals surface area contributed by atoms with Crippen molar-refractivity contribution in [2.75, 3.05) is 26.7 Å². The summed E-state index contributed by atoms with van der Waals surface area (Å²) in [5.41, 5.74) is 2.21. The summed E-state index contributed by atoms with van der Waals surface area (Å²) in [6.45, 7) is 3.64. The Morgan fingerprint density at radius 1 is 1.13 bits per heavy atom. The largest absolute Gasteiger partial charge is 0.497 e. The number of hydrogen-bond acceptors (Lipinski definition) is 4. The molecule has 1 saturated heterocycles. The molecule has 168 valence electrons. The van der Waals surface area contributed by atoms with Crippen molar-refractivity contribution < 1.29 is 17.9 Å². The molecule has 1 heterocycles. The van der Waals surface area contributed by atoms with Crippen LogP contribution in [0.5, 0.6) is 5.75 Å². The van der Waals surface area contributed by atoms with E-state index in [4.69, 9.17) is 4.74 Å². The minimum atomic E-state index is -3.53. The van der Waals surface area contributed by atoms with Crippen LogP contribution in [0.3, 0.4) is 0 Å². The fourth-order valence-electron chi connectivity index (χ4n) is 3.88. The molecular formula is C24H32N2O4S. The van der Waals surface area contributed by atoms with E-state index in [1.165, 1.54) is 5.56 Å². The molecule has 0 aromatic heterocycles. The summed E-state index contributed by atoms with van der Waals surface area (Å²) in [6, 6.07) is 14.8. The molecule has 0 spiro atoms. The third kappa shape index (κ3) is 6.80. The Labute approximate surface area is 185 Å². The number of likely N-dealkylation sites (tertiary alicyclic amines) is 1. The van der Waals surface area contributed by atoms with Gasteiger partial charge in [-0.3, -0.25) is 4.79 Å². The highest BCUT2D eigenvalue weighted by Gasteiger charge is 2.25. The van der Waals surface area contributed by atoms with E-state index in [9.17, 15) is 13.2 Å². The van der Waals surface area contributed by atoms with E-state index < -0.39 is 10.0 Å². The van der Waals surface area contributed by atoms with E-state index in [-0.39, 0.29) is 16.7 Å². The highest BCUT2D eigenvalue weighted by molar-refractivity contribution is 7.89. The van der Waals surface area contributed by atoms with Gasteiger partial charge in [-0.15, -0.1) is 0 Å². The summed E-state index contributed by atoms with van der Waals surface area (Å²) in [6.07, 6.45) is 3.98. The van der Waals surface area contributed by atoms with Gasteiger partial charge in [-0.05, 0) is 68.4 Å². The maximum Gasteiger partial charge on any atom is 0.240 e. The fraction of sp³-hybridized carbons (Fsp3) is 0.458. The molecule has 2 aromatic rings. The number of ether oxygens (including phenoxy) is 1. The van der Waals surface area contributed by atoms with Crippen LogP contribution in [0, 0.1) is 12.8 Å². The zero-order valence-corrected chi connectivity index (χ0v) is 19.2. The highest BCUT2D eigenvalue weighted by Crippen LogP contribution is 2.19. The van der Waals surface area contributed by atoms with Gasteiger partial charge < -0.3 is 9.64 Å². The number of methoxy groups -OCH3 is 1. The molecule has 6 nitrogen and oxygen atoms in total. The predicted molar refractivity (Wildman–Crippen MR) is 122 cm³/mol. The van der Waals surface area contributed by atoms with Gasteiger partial charge in [-0.2, -0.15) is 0 Å². The Morgan fingerprint density at radius 2 is 1.84 bits per heavy atom. The molecule has 1 aliphatic heterocycles. The van der Waals surface area contributed by atoms with E-state index in [1.54, 1.807) is 31.4 Å². The number of hydrogen-bond donors (Lipinski definition) is 1. The molecule has 1 N–H and O–H groups in total. The number of nitrogens with one attached hydrogen (secondary N) is 1. The van der Waals surface area contributed by atoms with Gasteiger partial charge >= 0.3 is 0 Å². The zero-order valence-electron chi connectivity index (χ0n) is 18.3. The quantitative estimate of drug-likeness (QED) is 0.642. The van der Waals surface area contributed by atoms with Crippen molar-refractivity contribution in [1.29, 1.82) is 0 Å². The standard InChI is InChI=1S/C24H32N2O4S/c1-19-8-14-23(15-9-19)31(28,29)25-17-21-6-4-16-26(18-21)24(27)7-3-5-20-10-12-22(30-2)13-11-20/h8-15,21,25H,3-7,16-18H2,1-2H3. The van der Waals surface area contributed by atoms with Crippen molar-refractivity contribution in [2.45, 2.75) is 43.9 Å². The summed E-state index contributed by atoms with van der Waals surface area (Å²) in [4.78, 5) is 14.8. The third-order valence-corrected chi connectivity index (χ3v) is 7.22. The van der Waals surface area contributed by atoms with Gasteiger partial charge in [0.15, 0.2) is 0 Å². The average molecular weight is 445 g/mol. The van der Waals surface area contributed by atoms with Gasteiger partial charge in [0.2, 0.25) is 15.9 Å². The number of rotatable bonds is 9. The Bertz CT molecular complexity index is 956. The topological polar surface area (TPSA) is 75.7 Å². The molecule has 1 aliphatic rings. The lowest BCUT2D eigenvalue weighted by molar-refractivity contribution is -0.133. The Hall–Kier alpha value is -2.38. The molecular weight excluding hydrogens is 412 g/mol. The van der Waals surface area contributed by atoms with Gasteiger partial charge in [0.05, 0.1) is 12.0 Å². The number of nitrogens with zero attached hydrogens (tertiary/aromatic N) is 1. The van der Waals surface area contributed by atoms with Crippen LogP contribution in [0.2, 0.25) is 0 Å². The van der Waals surface area contributed by atoms with Crippen molar-refractivity contribution in [2.24, 2.45) is 5.92 Å². The van der Waals surface area contributed by atoms with E-state index in [0.29, 0.717) is 19.5 Å². The number of piperidine rings is 1. The second-order valence-corrected chi connectivity index (χ2v) is 9.98. The van der Waals surface area contributed by atoms with Crippen LogP contribution in [0.1, 0.15) is 36.8 Å². The first-order valence-electron chi connectivity index (χ1n) is 10.8. The molecule has 0 radical (unpaired) electrons. The van der Waals surface area contributed by atoms with E-state index in [1.807, 2.05) is 36.1 Å². The molecule has 1 atom stereocenters. The maximum absolute atomic E-state index is 12.7. The van der Waals surface area contributed by atoms with Gasteiger partial charge in [0.25, 0.3) is 0 Å². The fourth-order valence-corrected chi connectivity index (χ4v) is 5.00. The molecule has 0 saturated carbocycles. The SMILES string of the molecule is COc1ccc(CCCC(=O)N2CCCC(CNS(=O)(=O)c3ccc(C)cc3)C2)cc1. The zero-order chi connectivity index (χ0) is 22.3. The van der Waals surface area contributed by atoms with Crippen molar-refractivity contribution in [3.8, 4) is 5.75 Å². The molecule has 0 bridgehead atoms. The second-order valence-electron chi connectivity index (χ2n) is 8.21. The normalized spacial score (nSPS) is 16.8. The number of carbonyl (C=O) groups is 1. The number of benzene rings is 2. The van der Waals surface area contributed by atoms with Gasteiger partial charge in [0, 0.05) is 26.1 Å². The first-order chi connectivity index (χ1) is 14.9. The van der Waals surface area contributed by atoms with Gasteiger partial charge in [0.1, 0.15) is 5.75 Å². The molecule has 2 aromatic carbocycles. The minimum absolute atomic E-state index is 0.138. The molecule has 1 fully saturated rings. The van der Waals surface area contributed by atoms with Crippen molar-refractivity contribution in [3.05, 3.63) is 59.7 Å². The highest BCUT2D eigenvalue weighted by atomic mass is 32.2. The van der Waals surface area contributed by atoms with Crippen molar-refractivity contribution in [1.82, 2.24) is 9.62 Å². The Morgan fingerprint density at radius 3 is 2.52 bits per heavy atom. The Kier molecular flexibility index (Phi) is 8.09. The van der Waals surface area contributed by atoms with Crippen LogP contribution in [0.25, 0.3) is 0 Å². The number of carbonyl (C=O) groups excluding carboxylic acids is 1. The predicted octanol–water partition coefficient (Wildman–Crippen LogP) is 3.54. The summed E-state index contributed by atoms with van der Waals surface area (Å²) in [7, 11) is -1.88. The first-order valence-corrected chi connectivity index (χ1v) is 12.3. The van der Waals surface area contributed by atoms with Crippen LogP contribution in [-0.4, -0.2) is 46.0 Å². The number of amides is 1. The number of aryl methyl sites for hydroxylation is 2. The van der Waals surface area contributed by atoms with Crippen LogP contribution >= 0.6 is 0 Å². The summed E-state index contributed by atoms with van der Waals surface area (Å²) < 4.78 is 32.9.